The molecule has 0 bridgehead atoms. The highest BCUT2D eigenvalue weighted by Gasteiger charge is 2.12. The molecule has 2 amide bonds. The van der Waals surface area contributed by atoms with Crippen LogP contribution in [-0.4, -0.2) is 40.3 Å². The Kier molecular flexibility index (Phi) is 8.14. The summed E-state index contributed by atoms with van der Waals surface area (Å²) in [4.78, 5) is 24.5. The average Bonchev–Trinajstić information content (AvgIpc) is 2.73. The largest absolute Gasteiger partial charge is 0.497 e. The van der Waals surface area contributed by atoms with E-state index in [1.54, 1.807) is 50.6 Å². The number of carbonyl (C=O) groups is 2. The molecule has 8 nitrogen and oxygen atoms in total. The minimum Gasteiger partial charge on any atom is -0.497 e. The van der Waals surface area contributed by atoms with Gasteiger partial charge in [0.2, 0.25) is 11.8 Å². The number of carbonyl (C=O) groups excluding carboxylic acids is 2. The maximum Gasteiger partial charge on any atom is 0.224 e. The third-order valence-electron chi connectivity index (χ3n) is 4.17. The highest BCUT2D eigenvalue weighted by Crippen LogP contribution is 2.30. The van der Waals surface area contributed by atoms with Crippen molar-refractivity contribution >= 4 is 23.2 Å². The maximum absolute atomic E-state index is 12.2. The van der Waals surface area contributed by atoms with Gasteiger partial charge < -0.3 is 29.6 Å². The van der Waals surface area contributed by atoms with Crippen LogP contribution in [0.15, 0.2) is 36.4 Å². The maximum atomic E-state index is 12.2. The predicted molar refractivity (Wildman–Crippen MR) is 110 cm³/mol. The number of hydrogen-bond donors (Lipinski definition) is 2. The van der Waals surface area contributed by atoms with Crippen LogP contribution in [0.25, 0.3) is 0 Å². The van der Waals surface area contributed by atoms with Crippen molar-refractivity contribution < 1.29 is 28.5 Å². The molecular formula is C21H26N2O6. The summed E-state index contributed by atoms with van der Waals surface area (Å²) in [5, 5.41) is 5.56. The Hall–Kier alpha value is -3.42. The molecule has 0 radical (unpaired) electrons. The van der Waals surface area contributed by atoms with Gasteiger partial charge in [-0.15, -0.1) is 0 Å². The number of nitrogens with one attached hydrogen (secondary N) is 2. The van der Waals surface area contributed by atoms with Crippen LogP contribution in [0.1, 0.15) is 19.3 Å². The van der Waals surface area contributed by atoms with Crippen molar-refractivity contribution in [2.24, 2.45) is 0 Å². The van der Waals surface area contributed by atoms with E-state index in [9.17, 15) is 9.59 Å². The summed E-state index contributed by atoms with van der Waals surface area (Å²) in [5.41, 5.74) is 1.03. The summed E-state index contributed by atoms with van der Waals surface area (Å²) in [6.45, 7) is 0. The Morgan fingerprint density at radius 2 is 1.10 bits per heavy atom. The fraction of sp³-hybridized carbons (Fsp3) is 0.333. The van der Waals surface area contributed by atoms with Crippen LogP contribution in [0.2, 0.25) is 0 Å². The first-order valence-corrected chi connectivity index (χ1v) is 9.04. The van der Waals surface area contributed by atoms with Crippen molar-refractivity contribution in [3.63, 3.8) is 0 Å². The van der Waals surface area contributed by atoms with Crippen LogP contribution in [-0.2, 0) is 9.59 Å². The van der Waals surface area contributed by atoms with E-state index in [-0.39, 0.29) is 24.7 Å². The van der Waals surface area contributed by atoms with Gasteiger partial charge in [-0.05, 0) is 30.7 Å². The molecule has 0 spiro atoms. The van der Waals surface area contributed by atoms with E-state index in [2.05, 4.69) is 10.6 Å². The molecule has 0 atom stereocenters. The van der Waals surface area contributed by atoms with E-state index in [4.69, 9.17) is 18.9 Å². The number of rotatable bonds is 10. The number of amides is 2. The second-order valence-electron chi connectivity index (χ2n) is 6.08. The van der Waals surface area contributed by atoms with Crippen molar-refractivity contribution in [1.29, 1.82) is 0 Å². The molecule has 2 aromatic rings. The number of hydrogen-bond acceptors (Lipinski definition) is 6. The van der Waals surface area contributed by atoms with Gasteiger partial charge in [-0.2, -0.15) is 0 Å². The smallest absolute Gasteiger partial charge is 0.224 e. The first-order valence-electron chi connectivity index (χ1n) is 9.04. The highest BCUT2D eigenvalue weighted by molar-refractivity contribution is 5.94. The van der Waals surface area contributed by atoms with E-state index in [0.29, 0.717) is 40.8 Å². The normalized spacial score (nSPS) is 10.1. The average molecular weight is 402 g/mol. The van der Waals surface area contributed by atoms with E-state index in [0.717, 1.165) is 0 Å². The molecule has 0 saturated carbocycles. The Morgan fingerprint density at radius 1 is 0.690 bits per heavy atom. The van der Waals surface area contributed by atoms with Gasteiger partial charge in [-0.3, -0.25) is 9.59 Å². The van der Waals surface area contributed by atoms with Crippen LogP contribution in [0.4, 0.5) is 11.4 Å². The number of anilines is 2. The summed E-state index contributed by atoms with van der Waals surface area (Å²) in [7, 11) is 6.13. The first kappa shape index (κ1) is 21.9. The van der Waals surface area contributed by atoms with Gasteiger partial charge in [-0.25, -0.2) is 0 Å². The molecule has 0 fully saturated rings. The standard InChI is InChI=1S/C21H26N2O6/c1-26-14-8-10-18(28-3)16(12-14)22-20(24)6-5-7-21(25)23-17-13-15(27-2)9-11-19(17)29-4/h8-13H,5-7H2,1-4H3,(H,22,24)(H,23,25). The second kappa shape index (κ2) is 10.8. The lowest BCUT2D eigenvalue weighted by Gasteiger charge is -2.12. The van der Waals surface area contributed by atoms with E-state index >= 15 is 0 Å². The van der Waals surface area contributed by atoms with Crippen LogP contribution < -0.4 is 29.6 Å². The molecule has 0 saturated heterocycles. The molecule has 8 heteroatoms. The zero-order valence-corrected chi connectivity index (χ0v) is 17.0. The van der Waals surface area contributed by atoms with Gasteiger partial charge in [0.1, 0.15) is 23.0 Å². The molecule has 2 rings (SSSR count). The number of benzene rings is 2. The van der Waals surface area contributed by atoms with Crippen molar-refractivity contribution in [2.75, 3.05) is 39.1 Å². The lowest BCUT2D eigenvalue weighted by molar-refractivity contribution is -0.117. The Balaban J connectivity index is 1.87. The third kappa shape index (κ3) is 6.31. The van der Waals surface area contributed by atoms with Crippen molar-refractivity contribution in [3.05, 3.63) is 36.4 Å². The summed E-state index contributed by atoms with van der Waals surface area (Å²) in [6, 6.07) is 10.3. The Bertz CT molecular complexity index is 784. The molecule has 0 aliphatic carbocycles. The summed E-state index contributed by atoms with van der Waals surface area (Å²) in [6.07, 6.45) is 0.752. The van der Waals surface area contributed by atoms with Gasteiger partial charge in [0.25, 0.3) is 0 Å². The SMILES string of the molecule is COc1ccc(OC)c(NC(=O)CCCC(=O)Nc2cc(OC)ccc2OC)c1. The minimum absolute atomic E-state index is 0.184. The zero-order valence-electron chi connectivity index (χ0n) is 17.0. The van der Waals surface area contributed by atoms with E-state index in [1.807, 2.05) is 0 Å². The molecule has 156 valence electrons. The third-order valence-corrected chi connectivity index (χ3v) is 4.17. The van der Waals surface area contributed by atoms with Crippen molar-refractivity contribution in [2.45, 2.75) is 19.3 Å². The van der Waals surface area contributed by atoms with Crippen molar-refractivity contribution in [1.82, 2.24) is 0 Å². The Labute approximate surface area is 170 Å². The lowest BCUT2D eigenvalue weighted by Crippen LogP contribution is -2.15. The van der Waals surface area contributed by atoms with Gasteiger partial charge in [0.15, 0.2) is 0 Å². The fourth-order valence-corrected chi connectivity index (χ4v) is 2.66. The first-order chi connectivity index (χ1) is 14.0. The fourth-order valence-electron chi connectivity index (χ4n) is 2.66. The van der Waals surface area contributed by atoms with Crippen molar-refractivity contribution in [3.8, 4) is 23.0 Å². The lowest BCUT2D eigenvalue weighted by atomic mass is 10.2. The van der Waals surface area contributed by atoms with Gasteiger partial charge in [0.05, 0.1) is 39.8 Å². The van der Waals surface area contributed by atoms with Crippen LogP contribution in [0.3, 0.4) is 0 Å². The molecule has 0 aliphatic heterocycles. The molecule has 2 N–H and O–H groups in total. The van der Waals surface area contributed by atoms with Crippen LogP contribution in [0.5, 0.6) is 23.0 Å². The molecule has 0 aliphatic rings. The summed E-state index contributed by atoms with van der Waals surface area (Å²) < 4.78 is 20.8. The molecule has 2 aromatic carbocycles. The van der Waals surface area contributed by atoms with Crippen LogP contribution >= 0.6 is 0 Å². The second-order valence-corrected chi connectivity index (χ2v) is 6.08. The quantitative estimate of drug-likeness (QED) is 0.632. The van der Waals surface area contributed by atoms with Crippen LogP contribution in [0, 0.1) is 0 Å². The number of ether oxygens (including phenoxy) is 4. The zero-order chi connectivity index (χ0) is 21.2. The molecular weight excluding hydrogens is 376 g/mol. The monoisotopic (exact) mass is 402 g/mol. The molecule has 29 heavy (non-hydrogen) atoms. The highest BCUT2D eigenvalue weighted by atomic mass is 16.5. The molecule has 0 unspecified atom stereocenters. The molecule has 0 aromatic heterocycles. The van der Waals surface area contributed by atoms with Gasteiger partial charge in [-0.1, -0.05) is 0 Å². The Morgan fingerprint density at radius 3 is 1.45 bits per heavy atom. The van der Waals surface area contributed by atoms with E-state index in [1.165, 1.54) is 14.2 Å². The van der Waals surface area contributed by atoms with Gasteiger partial charge in [0, 0.05) is 25.0 Å². The predicted octanol–water partition coefficient (Wildman–Crippen LogP) is 3.47. The topological polar surface area (TPSA) is 95.1 Å². The number of methoxy groups -OCH3 is 4. The molecule has 0 heterocycles. The minimum atomic E-state index is -0.219. The summed E-state index contributed by atoms with van der Waals surface area (Å²) >= 11 is 0. The van der Waals surface area contributed by atoms with E-state index < -0.39 is 0 Å². The van der Waals surface area contributed by atoms with Gasteiger partial charge >= 0.3 is 0 Å². The summed E-state index contributed by atoms with van der Waals surface area (Å²) in [5.74, 6) is 1.83.